The Labute approximate surface area is 116 Å². The minimum Gasteiger partial charge on any atom is -0.391 e. The summed E-state index contributed by atoms with van der Waals surface area (Å²) in [5.74, 6) is -1.21. The van der Waals surface area contributed by atoms with Crippen molar-refractivity contribution >= 4 is 17.5 Å². The molecule has 19 heavy (non-hydrogen) atoms. The molecule has 1 saturated carbocycles. The molecule has 1 aromatic carbocycles. The van der Waals surface area contributed by atoms with E-state index in [2.05, 4.69) is 5.32 Å². The van der Waals surface area contributed by atoms with Crippen molar-refractivity contribution in [1.82, 2.24) is 5.32 Å². The van der Waals surface area contributed by atoms with Crippen molar-refractivity contribution in [2.24, 2.45) is 0 Å². The molecule has 2 atom stereocenters. The van der Waals surface area contributed by atoms with Crippen LogP contribution in [-0.2, 0) is 0 Å². The summed E-state index contributed by atoms with van der Waals surface area (Å²) < 4.78 is 13.6. The van der Waals surface area contributed by atoms with Gasteiger partial charge in [0, 0.05) is 0 Å². The standard InChI is InChI=1S/C14H17ClFNO2/c15-9-5-4-6-10(16)13(9)14(19)17-11-7-2-1-3-8-12(11)18/h4-6,11-12,18H,1-3,7-8H2,(H,17,19). The topological polar surface area (TPSA) is 49.3 Å². The summed E-state index contributed by atoms with van der Waals surface area (Å²) in [5.41, 5.74) is -0.152. The smallest absolute Gasteiger partial charge is 0.256 e. The van der Waals surface area contributed by atoms with Gasteiger partial charge >= 0.3 is 0 Å². The average molecular weight is 286 g/mol. The van der Waals surface area contributed by atoms with Crippen LogP contribution in [0.25, 0.3) is 0 Å². The Hall–Kier alpha value is -1.13. The first-order valence-electron chi connectivity index (χ1n) is 6.52. The highest BCUT2D eigenvalue weighted by Gasteiger charge is 2.25. The van der Waals surface area contributed by atoms with Crippen molar-refractivity contribution < 1.29 is 14.3 Å². The maximum atomic E-state index is 13.6. The van der Waals surface area contributed by atoms with Crippen LogP contribution in [0.1, 0.15) is 42.5 Å². The predicted molar refractivity (Wildman–Crippen MR) is 71.8 cm³/mol. The summed E-state index contributed by atoms with van der Waals surface area (Å²) in [6.07, 6.45) is 3.75. The molecule has 0 saturated heterocycles. The number of hydrogen-bond acceptors (Lipinski definition) is 2. The van der Waals surface area contributed by atoms with Gasteiger partial charge in [0.1, 0.15) is 5.82 Å². The van der Waals surface area contributed by atoms with E-state index in [-0.39, 0.29) is 16.6 Å². The third kappa shape index (κ3) is 3.45. The Bertz CT molecular complexity index is 447. The van der Waals surface area contributed by atoms with Crippen LogP contribution < -0.4 is 5.32 Å². The van der Waals surface area contributed by atoms with Crippen molar-refractivity contribution in [2.75, 3.05) is 0 Å². The minimum absolute atomic E-state index is 0.0839. The fourth-order valence-electron chi connectivity index (χ4n) is 2.41. The first-order valence-corrected chi connectivity index (χ1v) is 6.90. The molecule has 3 nitrogen and oxygen atoms in total. The molecule has 2 N–H and O–H groups in total. The normalized spacial score (nSPS) is 23.7. The maximum Gasteiger partial charge on any atom is 0.256 e. The molecule has 0 bridgehead atoms. The van der Waals surface area contributed by atoms with Crippen molar-refractivity contribution in [2.45, 2.75) is 44.2 Å². The van der Waals surface area contributed by atoms with Gasteiger partial charge in [-0.1, -0.05) is 36.9 Å². The lowest BCUT2D eigenvalue weighted by Crippen LogP contribution is -2.43. The number of aliphatic hydroxyl groups is 1. The molecule has 1 aliphatic carbocycles. The molecule has 0 spiro atoms. The highest BCUT2D eigenvalue weighted by molar-refractivity contribution is 6.33. The number of hydrogen-bond donors (Lipinski definition) is 2. The molecule has 1 aliphatic rings. The molecule has 0 aliphatic heterocycles. The Morgan fingerprint density at radius 3 is 2.79 bits per heavy atom. The van der Waals surface area contributed by atoms with Crippen molar-refractivity contribution in [3.8, 4) is 0 Å². The van der Waals surface area contributed by atoms with Gasteiger partial charge in [-0.15, -0.1) is 0 Å². The molecule has 5 heteroatoms. The number of halogens is 2. The Kier molecular flexibility index (Phi) is 4.77. The van der Waals surface area contributed by atoms with E-state index in [0.717, 1.165) is 19.3 Å². The van der Waals surface area contributed by atoms with Crippen LogP contribution in [-0.4, -0.2) is 23.2 Å². The molecule has 2 rings (SSSR count). The van der Waals surface area contributed by atoms with Crippen LogP contribution in [0.3, 0.4) is 0 Å². The van der Waals surface area contributed by atoms with Gasteiger partial charge in [0.2, 0.25) is 0 Å². The van der Waals surface area contributed by atoms with Crippen LogP contribution >= 0.6 is 11.6 Å². The molecule has 1 amide bonds. The van der Waals surface area contributed by atoms with Gasteiger partial charge in [-0.3, -0.25) is 4.79 Å². The largest absolute Gasteiger partial charge is 0.391 e. The Balaban J connectivity index is 2.12. The number of amides is 1. The molecular weight excluding hydrogens is 269 g/mol. The van der Waals surface area contributed by atoms with E-state index in [0.29, 0.717) is 12.8 Å². The van der Waals surface area contributed by atoms with E-state index < -0.39 is 17.8 Å². The summed E-state index contributed by atoms with van der Waals surface area (Å²) in [5, 5.41) is 12.7. The van der Waals surface area contributed by atoms with Crippen molar-refractivity contribution in [1.29, 1.82) is 0 Å². The van der Waals surface area contributed by atoms with E-state index >= 15 is 0 Å². The van der Waals surface area contributed by atoms with Crippen molar-refractivity contribution in [3.63, 3.8) is 0 Å². The SMILES string of the molecule is O=C(NC1CCCCCC1O)c1c(F)cccc1Cl. The fourth-order valence-corrected chi connectivity index (χ4v) is 2.66. The van der Waals surface area contributed by atoms with E-state index in [9.17, 15) is 14.3 Å². The average Bonchev–Trinajstić information content (AvgIpc) is 2.55. The second-order valence-corrected chi connectivity index (χ2v) is 5.29. The molecule has 0 aromatic heterocycles. The number of benzene rings is 1. The maximum absolute atomic E-state index is 13.6. The fraction of sp³-hybridized carbons (Fsp3) is 0.500. The zero-order valence-electron chi connectivity index (χ0n) is 10.5. The number of carbonyl (C=O) groups excluding carboxylic acids is 1. The molecule has 104 valence electrons. The zero-order valence-corrected chi connectivity index (χ0v) is 11.3. The van der Waals surface area contributed by atoms with E-state index in [1.807, 2.05) is 0 Å². The summed E-state index contributed by atoms with van der Waals surface area (Å²) in [7, 11) is 0. The summed E-state index contributed by atoms with van der Waals surface area (Å²) in [6.45, 7) is 0. The molecule has 2 unspecified atom stereocenters. The van der Waals surface area contributed by atoms with Crippen LogP contribution in [0.15, 0.2) is 18.2 Å². The lowest BCUT2D eigenvalue weighted by molar-refractivity contribution is 0.0815. The van der Waals surface area contributed by atoms with E-state index in [4.69, 9.17) is 11.6 Å². The number of aliphatic hydroxyl groups excluding tert-OH is 1. The third-order valence-electron chi connectivity index (χ3n) is 3.49. The second kappa shape index (κ2) is 6.35. The molecule has 0 heterocycles. The molecule has 0 radical (unpaired) electrons. The van der Waals surface area contributed by atoms with Gasteiger partial charge in [0.15, 0.2) is 0 Å². The first-order chi connectivity index (χ1) is 9.09. The lowest BCUT2D eigenvalue weighted by atomic mass is 10.1. The van der Waals surface area contributed by atoms with E-state index in [1.165, 1.54) is 18.2 Å². The summed E-state index contributed by atoms with van der Waals surface area (Å²) >= 11 is 5.85. The van der Waals surface area contributed by atoms with Crippen LogP contribution in [0.2, 0.25) is 5.02 Å². The third-order valence-corrected chi connectivity index (χ3v) is 3.80. The van der Waals surface area contributed by atoms with Crippen molar-refractivity contribution in [3.05, 3.63) is 34.6 Å². The molecule has 1 fully saturated rings. The van der Waals surface area contributed by atoms with Gasteiger partial charge in [-0.05, 0) is 25.0 Å². The monoisotopic (exact) mass is 285 g/mol. The van der Waals surface area contributed by atoms with Gasteiger partial charge in [-0.25, -0.2) is 4.39 Å². The molecular formula is C14H17ClFNO2. The Morgan fingerprint density at radius 2 is 2.05 bits per heavy atom. The highest BCUT2D eigenvalue weighted by Crippen LogP contribution is 2.21. The van der Waals surface area contributed by atoms with Gasteiger partial charge in [-0.2, -0.15) is 0 Å². The number of carbonyl (C=O) groups is 1. The lowest BCUT2D eigenvalue weighted by Gasteiger charge is -2.22. The van der Waals surface area contributed by atoms with Gasteiger partial charge in [0.25, 0.3) is 5.91 Å². The van der Waals surface area contributed by atoms with Gasteiger partial charge in [0.05, 0.1) is 22.7 Å². The van der Waals surface area contributed by atoms with Crippen LogP contribution in [0.5, 0.6) is 0 Å². The molecule has 1 aromatic rings. The van der Waals surface area contributed by atoms with Crippen LogP contribution in [0, 0.1) is 5.82 Å². The van der Waals surface area contributed by atoms with E-state index in [1.54, 1.807) is 0 Å². The quantitative estimate of drug-likeness (QED) is 0.821. The van der Waals surface area contributed by atoms with Crippen LogP contribution in [0.4, 0.5) is 4.39 Å². The zero-order chi connectivity index (χ0) is 13.8. The summed E-state index contributed by atoms with van der Waals surface area (Å²) in [4.78, 5) is 12.1. The second-order valence-electron chi connectivity index (χ2n) is 4.88. The minimum atomic E-state index is -0.645. The van der Waals surface area contributed by atoms with Gasteiger partial charge < -0.3 is 10.4 Å². The highest BCUT2D eigenvalue weighted by atomic mass is 35.5. The number of nitrogens with one attached hydrogen (secondary N) is 1. The first kappa shape index (κ1) is 14.3. The summed E-state index contributed by atoms with van der Waals surface area (Å²) in [6, 6.07) is 3.80. The predicted octanol–water partition coefficient (Wildman–Crippen LogP) is 2.90. The Morgan fingerprint density at radius 1 is 1.32 bits per heavy atom. The number of rotatable bonds is 2.